The Hall–Kier alpha value is -3.22. The molecule has 2 fully saturated rings. The molecular formula is C28H29N3O3. The second kappa shape index (κ2) is 7.65. The minimum absolute atomic E-state index is 0.0121. The molecule has 6 heteroatoms. The molecule has 1 amide bonds. The van der Waals surface area contributed by atoms with Gasteiger partial charge in [0.1, 0.15) is 5.69 Å². The van der Waals surface area contributed by atoms with Crippen LogP contribution in [-0.4, -0.2) is 34.8 Å². The van der Waals surface area contributed by atoms with E-state index in [-0.39, 0.29) is 12.5 Å². The lowest BCUT2D eigenvalue weighted by molar-refractivity contribution is -0.121. The van der Waals surface area contributed by atoms with Crippen molar-refractivity contribution in [3.63, 3.8) is 0 Å². The van der Waals surface area contributed by atoms with Crippen molar-refractivity contribution in [2.75, 3.05) is 18.1 Å². The molecule has 1 aliphatic heterocycles. The summed E-state index contributed by atoms with van der Waals surface area (Å²) in [4.78, 5) is 19.5. The van der Waals surface area contributed by atoms with Crippen LogP contribution in [0.25, 0.3) is 22.4 Å². The molecule has 0 bridgehead atoms. The van der Waals surface area contributed by atoms with Crippen LogP contribution in [0.2, 0.25) is 0 Å². The number of anilines is 1. The maximum atomic E-state index is 12.7. The first kappa shape index (κ1) is 21.3. The Kier molecular flexibility index (Phi) is 4.80. The lowest BCUT2D eigenvalue weighted by Gasteiger charge is -2.49. The van der Waals surface area contributed by atoms with Gasteiger partial charge in [0.15, 0.2) is 6.61 Å². The van der Waals surface area contributed by atoms with Crippen molar-refractivity contribution in [3.05, 3.63) is 66.2 Å². The molecule has 2 heterocycles. The number of amides is 1. The molecule has 6 nitrogen and oxygen atoms in total. The number of carbonyl (C=O) groups is 1. The number of hydrogen-bond acceptors (Lipinski definition) is 5. The summed E-state index contributed by atoms with van der Waals surface area (Å²) in [5, 5.41) is 10.2. The van der Waals surface area contributed by atoms with E-state index in [0.717, 1.165) is 40.2 Å². The molecule has 2 aliphatic carbocycles. The first-order chi connectivity index (χ1) is 16.3. The molecule has 3 aromatic rings. The molecule has 1 aromatic heterocycles. The average molecular weight is 456 g/mol. The van der Waals surface area contributed by atoms with Crippen LogP contribution in [0.5, 0.6) is 5.88 Å². The van der Waals surface area contributed by atoms with E-state index < -0.39 is 11.1 Å². The Morgan fingerprint density at radius 2 is 1.79 bits per heavy atom. The van der Waals surface area contributed by atoms with E-state index in [2.05, 4.69) is 12.1 Å². The van der Waals surface area contributed by atoms with Gasteiger partial charge in [-0.05, 0) is 55.7 Å². The van der Waals surface area contributed by atoms with Gasteiger partial charge in [-0.2, -0.15) is 0 Å². The summed E-state index contributed by atoms with van der Waals surface area (Å²) in [6.07, 6.45) is 3.43. The van der Waals surface area contributed by atoms with Crippen molar-refractivity contribution in [1.82, 2.24) is 4.98 Å². The molecule has 3 N–H and O–H groups in total. The van der Waals surface area contributed by atoms with Gasteiger partial charge in [0, 0.05) is 23.2 Å². The normalized spacial score (nSPS) is 26.0. The molecule has 0 atom stereocenters. The minimum Gasteiger partial charge on any atom is -0.466 e. The third-order valence-corrected chi connectivity index (χ3v) is 7.24. The molecule has 34 heavy (non-hydrogen) atoms. The summed E-state index contributed by atoms with van der Waals surface area (Å²) in [5.74, 6) is 1.06. The van der Waals surface area contributed by atoms with E-state index >= 15 is 0 Å². The lowest BCUT2D eigenvalue weighted by Crippen LogP contribution is -2.58. The molecule has 0 radical (unpaired) electrons. The van der Waals surface area contributed by atoms with Crippen molar-refractivity contribution in [2.45, 2.75) is 43.7 Å². The third-order valence-electron chi connectivity index (χ3n) is 7.24. The summed E-state index contributed by atoms with van der Waals surface area (Å²) < 4.78 is 5.80. The van der Waals surface area contributed by atoms with Gasteiger partial charge in [-0.25, -0.2) is 4.98 Å². The van der Waals surface area contributed by atoms with Gasteiger partial charge in [-0.1, -0.05) is 54.6 Å². The van der Waals surface area contributed by atoms with E-state index in [1.807, 2.05) is 60.4 Å². The van der Waals surface area contributed by atoms with Crippen molar-refractivity contribution in [2.24, 2.45) is 11.7 Å². The fourth-order valence-corrected chi connectivity index (χ4v) is 5.42. The van der Waals surface area contributed by atoms with Crippen LogP contribution in [0.4, 0.5) is 5.69 Å². The number of nitrogens with two attached hydrogens (primary N) is 1. The number of benzene rings is 2. The number of hydrogen-bond donors (Lipinski definition) is 2. The van der Waals surface area contributed by atoms with Crippen molar-refractivity contribution >= 4 is 11.6 Å². The van der Waals surface area contributed by atoms with Crippen LogP contribution in [0.15, 0.2) is 60.7 Å². The maximum absolute atomic E-state index is 12.7. The topological polar surface area (TPSA) is 88.7 Å². The first-order valence-electron chi connectivity index (χ1n) is 12.0. The largest absolute Gasteiger partial charge is 0.466 e. The highest BCUT2D eigenvalue weighted by atomic mass is 16.5. The Morgan fingerprint density at radius 3 is 2.44 bits per heavy atom. The predicted molar refractivity (Wildman–Crippen MR) is 131 cm³/mol. The summed E-state index contributed by atoms with van der Waals surface area (Å²) in [6.45, 7) is 2.57. The van der Waals surface area contributed by atoms with Crippen LogP contribution in [-0.2, 0) is 10.3 Å². The van der Waals surface area contributed by atoms with Gasteiger partial charge in [0.05, 0.1) is 11.3 Å². The number of carbonyl (C=O) groups excluding carboxylic acids is 1. The maximum Gasteiger partial charge on any atom is 0.265 e. The number of nitrogens with zero attached hydrogens (tertiary/aromatic N) is 2. The summed E-state index contributed by atoms with van der Waals surface area (Å²) >= 11 is 0. The Balaban J connectivity index is 1.42. The first-order valence-corrected chi connectivity index (χ1v) is 12.0. The van der Waals surface area contributed by atoms with Gasteiger partial charge in [0.25, 0.3) is 5.91 Å². The highest BCUT2D eigenvalue weighted by Crippen LogP contribution is 2.47. The monoisotopic (exact) mass is 455 g/mol. The van der Waals surface area contributed by atoms with E-state index in [0.29, 0.717) is 24.6 Å². The van der Waals surface area contributed by atoms with Crippen LogP contribution in [0.3, 0.4) is 0 Å². The van der Waals surface area contributed by atoms with Gasteiger partial charge in [-0.15, -0.1) is 0 Å². The number of aliphatic hydroxyl groups is 1. The van der Waals surface area contributed by atoms with Crippen LogP contribution >= 0.6 is 0 Å². The average Bonchev–Trinajstić information content (AvgIpc) is 3.64. The molecule has 2 aromatic carbocycles. The standard InChI is InChI=1S/C28H29N3O3/c1-27(33)16-28(29,17-27)21-11-9-20(10-12-21)25-22(19-5-3-2-4-6-19)13-23-26(30-25)34-15-24(32)31(23)14-18-7-8-18/h2-6,9-13,18,33H,7-8,14-17,29H2,1H3. The molecule has 0 saturated heterocycles. The van der Waals surface area contributed by atoms with Crippen LogP contribution in [0, 0.1) is 5.92 Å². The van der Waals surface area contributed by atoms with Crippen LogP contribution in [0.1, 0.15) is 38.2 Å². The summed E-state index contributed by atoms with van der Waals surface area (Å²) in [6, 6.07) is 20.3. The van der Waals surface area contributed by atoms with Gasteiger partial charge in [-0.3, -0.25) is 4.79 Å². The molecular weight excluding hydrogens is 426 g/mol. The number of aromatic nitrogens is 1. The second-order valence-electron chi connectivity index (χ2n) is 10.4. The number of fused-ring (bicyclic) bond motifs is 1. The highest BCUT2D eigenvalue weighted by Gasteiger charge is 2.49. The number of ether oxygens (including phenoxy) is 1. The van der Waals surface area contributed by atoms with Gasteiger partial charge in [0.2, 0.25) is 5.88 Å². The molecule has 0 unspecified atom stereocenters. The van der Waals surface area contributed by atoms with Crippen LogP contribution < -0.4 is 15.4 Å². The molecule has 0 spiro atoms. The zero-order chi connectivity index (χ0) is 23.5. The molecule has 6 rings (SSSR count). The Bertz CT molecular complexity index is 1240. The molecule has 2 saturated carbocycles. The highest BCUT2D eigenvalue weighted by molar-refractivity contribution is 5.99. The number of rotatable bonds is 5. The zero-order valence-corrected chi connectivity index (χ0v) is 19.3. The Morgan fingerprint density at radius 1 is 1.09 bits per heavy atom. The van der Waals surface area contributed by atoms with Gasteiger partial charge < -0.3 is 20.5 Å². The van der Waals surface area contributed by atoms with E-state index in [4.69, 9.17) is 15.5 Å². The second-order valence-corrected chi connectivity index (χ2v) is 10.4. The third kappa shape index (κ3) is 3.77. The van der Waals surface area contributed by atoms with Crippen molar-refractivity contribution in [1.29, 1.82) is 0 Å². The zero-order valence-electron chi connectivity index (χ0n) is 19.3. The van der Waals surface area contributed by atoms with E-state index in [9.17, 15) is 9.90 Å². The predicted octanol–water partition coefficient (Wildman–Crippen LogP) is 4.25. The molecule has 3 aliphatic rings. The smallest absolute Gasteiger partial charge is 0.265 e. The van der Waals surface area contributed by atoms with Gasteiger partial charge >= 0.3 is 0 Å². The van der Waals surface area contributed by atoms with E-state index in [1.54, 1.807) is 0 Å². The minimum atomic E-state index is -0.699. The van der Waals surface area contributed by atoms with Crippen molar-refractivity contribution < 1.29 is 14.6 Å². The fraction of sp³-hybridized carbons (Fsp3) is 0.357. The number of pyridine rings is 1. The van der Waals surface area contributed by atoms with Crippen molar-refractivity contribution in [3.8, 4) is 28.3 Å². The molecule has 174 valence electrons. The SMILES string of the molecule is CC1(O)CC(N)(c2ccc(-c3nc4c(cc3-c3ccccc3)N(CC3CC3)C(=O)CO4)cc2)C1. The lowest BCUT2D eigenvalue weighted by atomic mass is 9.63. The summed E-state index contributed by atoms with van der Waals surface area (Å²) in [7, 11) is 0. The fourth-order valence-electron chi connectivity index (χ4n) is 5.42. The van der Waals surface area contributed by atoms with E-state index in [1.165, 1.54) is 12.8 Å². The Labute approximate surface area is 199 Å². The summed E-state index contributed by atoms with van der Waals surface area (Å²) in [5.41, 5.74) is 10.9. The quantitative estimate of drug-likeness (QED) is 0.600.